The molecule has 1 saturated carbocycles. The third-order valence-electron chi connectivity index (χ3n) is 2.08. The number of nitriles is 1. The van der Waals surface area contributed by atoms with Gasteiger partial charge in [0.2, 0.25) is 5.91 Å². The molecule has 11 heavy (non-hydrogen) atoms. The average molecular weight is 148 g/mol. The second kappa shape index (κ2) is 2.57. The number of carbonyl (C=O) groups excluding carboxylic acids is 1. The smallest absolute Gasteiger partial charge is 0.218 e. The van der Waals surface area contributed by atoms with Crippen LogP contribution in [0.15, 0.2) is 0 Å². The van der Waals surface area contributed by atoms with Gasteiger partial charge in [-0.15, -0.1) is 0 Å². The molecule has 1 amide bonds. The zero-order valence-corrected chi connectivity index (χ0v) is 6.42. The van der Waals surface area contributed by atoms with E-state index in [0.29, 0.717) is 6.42 Å². The lowest BCUT2D eigenvalue weighted by Crippen LogP contribution is -2.55. The van der Waals surface area contributed by atoms with E-state index < -0.39 is 5.54 Å². The molecule has 1 fully saturated rings. The molecule has 2 radical (unpaired) electrons. The van der Waals surface area contributed by atoms with Crippen molar-refractivity contribution in [2.45, 2.75) is 31.1 Å². The van der Waals surface area contributed by atoms with E-state index >= 15 is 0 Å². The second-order valence-corrected chi connectivity index (χ2v) is 2.91. The zero-order chi connectivity index (χ0) is 8.48. The van der Waals surface area contributed by atoms with Crippen molar-refractivity contribution < 1.29 is 4.79 Å². The van der Waals surface area contributed by atoms with Crippen LogP contribution >= 0.6 is 0 Å². The van der Waals surface area contributed by atoms with Crippen molar-refractivity contribution in [2.24, 2.45) is 0 Å². The Hall–Kier alpha value is -0.975. The summed E-state index contributed by atoms with van der Waals surface area (Å²) in [5, 5.41) is 11.3. The van der Waals surface area contributed by atoms with Crippen LogP contribution < -0.4 is 5.32 Å². The summed E-state index contributed by atoms with van der Waals surface area (Å²) in [5.74, 6) is -0.391. The predicted octanol–water partition coefficient (Wildman–Crippen LogP) is 0.136. The first-order valence-corrected chi connectivity index (χ1v) is 3.56. The molecule has 0 aliphatic heterocycles. The first-order valence-electron chi connectivity index (χ1n) is 3.56. The van der Waals surface area contributed by atoms with Gasteiger partial charge >= 0.3 is 0 Å². The first kappa shape index (κ1) is 8.12. The predicted molar refractivity (Wildman–Crippen MR) is 40.9 cm³/mol. The summed E-state index contributed by atoms with van der Waals surface area (Å²) in [4.78, 5) is 10.6. The lowest BCUT2D eigenvalue weighted by Gasteiger charge is -2.43. The van der Waals surface area contributed by atoms with Crippen molar-refractivity contribution in [1.29, 1.82) is 5.26 Å². The van der Waals surface area contributed by atoms with Gasteiger partial charge < -0.3 is 5.32 Å². The fourth-order valence-corrected chi connectivity index (χ4v) is 1.24. The van der Waals surface area contributed by atoms with E-state index in [2.05, 4.69) is 5.32 Å². The van der Waals surface area contributed by atoms with Gasteiger partial charge in [-0.2, -0.15) is 5.26 Å². The Balaban J connectivity index is 2.64. The lowest BCUT2D eigenvalue weighted by atomic mass is 9.57. The monoisotopic (exact) mass is 148 g/mol. The van der Waals surface area contributed by atoms with Gasteiger partial charge in [0.1, 0.15) is 5.54 Å². The Labute approximate surface area is 67.2 Å². The van der Waals surface area contributed by atoms with Crippen LogP contribution in [0.5, 0.6) is 0 Å². The number of rotatable bonds is 1. The molecule has 1 N–H and O–H groups in total. The largest absolute Gasteiger partial charge is 0.338 e. The molecule has 0 spiro atoms. The Morgan fingerprint density at radius 3 is 2.64 bits per heavy atom. The maximum absolute atomic E-state index is 10.6. The molecule has 1 rings (SSSR count). The minimum Gasteiger partial charge on any atom is -0.338 e. The van der Waals surface area contributed by atoms with Crippen LogP contribution in [0.2, 0.25) is 5.82 Å². The van der Waals surface area contributed by atoms with E-state index in [0.717, 1.165) is 6.42 Å². The molecule has 2 atom stereocenters. The SMILES string of the molecule is [B]C1CCC1(C#N)NC(C)=O. The number of hydrogen-bond donors (Lipinski definition) is 1. The molecule has 2 unspecified atom stereocenters. The molecule has 0 bridgehead atoms. The topological polar surface area (TPSA) is 52.9 Å². The van der Waals surface area contributed by atoms with Crippen LogP contribution in [0, 0.1) is 11.3 Å². The highest BCUT2D eigenvalue weighted by Gasteiger charge is 2.44. The van der Waals surface area contributed by atoms with Gasteiger partial charge in [-0.05, 0) is 12.2 Å². The van der Waals surface area contributed by atoms with Crippen LogP contribution in [0.1, 0.15) is 19.8 Å². The average Bonchev–Trinajstić information content (AvgIpc) is 1.96. The van der Waals surface area contributed by atoms with Crippen LogP contribution in [-0.2, 0) is 4.79 Å². The second-order valence-electron chi connectivity index (χ2n) is 2.91. The van der Waals surface area contributed by atoms with Crippen LogP contribution in [0.25, 0.3) is 0 Å². The highest BCUT2D eigenvalue weighted by Crippen LogP contribution is 2.40. The highest BCUT2D eigenvalue weighted by molar-refractivity contribution is 6.14. The summed E-state index contributed by atoms with van der Waals surface area (Å²) >= 11 is 0. The molecule has 0 heterocycles. The van der Waals surface area contributed by atoms with Gasteiger partial charge in [-0.3, -0.25) is 4.79 Å². The maximum Gasteiger partial charge on any atom is 0.218 e. The molecule has 1 aliphatic carbocycles. The summed E-state index contributed by atoms with van der Waals surface area (Å²) in [6, 6.07) is 2.04. The fourth-order valence-electron chi connectivity index (χ4n) is 1.24. The van der Waals surface area contributed by atoms with Crippen molar-refractivity contribution >= 4 is 13.8 Å². The normalized spacial score (nSPS) is 35.1. The molecule has 1 aliphatic rings. The van der Waals surface area contributed by atoms with E-state index in [1.165, 1.54) is 6.92 Å². The van der Waals surface area contributed by atoms with Crippen LogP contribution in [0.3, 0.4) is 0 Å². The van der Waals surface area contributed by atoms with E-state index in [1.54, 1.807) is 0 Å². The van der Waals surface area contributed by atoms with Crippen LogP contribution in [-0.4, -0.2) is 19.3 Å². The summed E-state index contributed by atoms with van der Waals surface area (Å²) in [5.41, 5.74) is -0.772. The number of hydrogen-bond acceptors (Lipinski definition) is 2. The van der Waals surface area contributed by atoms with Gasteiger partial charge in [-0.1, -0.05) is 6.42 Å². The van der Waals surface area contributed by atoms with Gasteiger partial charge in [0.05, 0.1) is 13.9 Å². The number of amides is 1. The third kappa shape index (κ3) is 1.23. The Morgan fingerprint density at radius 1 is 1.91 bits per heavy atom. The molecule has 3 nitrogen and oxygen atoms in total. The highest BCUT2D eigenvalue weighted by atomic mass is 16.1. The minimum absolute atomic E-state index is 0.193. The lowest BCUT2D eigenvalue weighted by molar-refractivity contribution is -0.121. The van der Waals surface area contributed by atoms with Gasteiger partial charge in [0, 0.05) is 6.92 Å². The molecule has 0 aromatic heterocycles. The Kier molecular flexibility index (Phi) is 1.90. The van der Waals surface area contributed by atoms with Gasteiger partial charge in [-0.25, -0.2) is 0 Å². The molecule has 0 saturated heterocycles. The standard InChI is InChI=1S/C7H9BN2O/c1-5(11)10-7(4-9)3-2-6(7)8/h6H,2-3H2,1H3,(H,10,11). The summed E-state index contributed by atoms with van der Waals surface area (Å²) in [6.07, 6.45) is 1.48. The number of nitrogens with one attached hydrogen (secondary N) is 1. The van der Waals surface area contributed by atoms with E-state index in [4.69, 9.17) is 13.1 Å². The molecular formula is C7H9BN2O. The van der Waals surface area contributed by atoms with Crippen molar-refractivity contribution in [2.75, 3.05) is 0 Å². The Bertz CT molecular complexity index is 223. The summed E-state index contributed by atoms with van der Waals surface area (Å²) < 4.78 is 0. The molecule has 4 heteroatoms. The third-order valence-corrected chi connectivity index (χ3v) is 2.08. The van der Waals surface area contributed by atoms with E-state index in [-0.39, 0.29) is 11.7 Å². The van der Waals surface area contributed by atoms with Crippen molar-refractivity contribution in [3.05, 3.63) is 0 Å². The minimum atomic E-state index is -0.772. The maximum atomic E-state index is 10.6. The first-order chi connectivity index (χ1) is 5.10. The molecule has 0 aromatic carbocycles. The fraction of sp³-hybridized carbons (Fsp3) is 0.714. The summed E-state index contributed by atoms with van der Waals surface area (Å²) in [7, 11) is 5.58. The number of nitrogens with zero attached hydrogens (tertiary/aromatic N) is 1. The quantitative estimate of drug-likeness (QED) is 0.537. The van der Waals surface area contributed by atoms with Crippen molar-refractivity contribution in [3.8, 4) is 6.07 Å². The van der Waals surface area contributed by atoms with E-state index in [9.17, 15) is 4.79 Å². The summed E-state index contributed by atoms with van der Waals surface area (Å²) in [6.45, 7) is 1.39. The van der Waals surface area contributed by atoms with Gasteiger partial charge in [0.15, 0.2) is 0 Å². The zero-order valence-electron chi connectivity index (χ0n) is 6.42. The van der Waals surface area contributed by atoms with E-state index in [1.807, 2.05) is 6.07 Å². The Morgan fingerprint density at radius 2 is 2.55 bits per heavy atom. The molecular weight excluding hydrogens is 139 g/mol. The molecule has 0 aromatic rings. The van der Waals surface area contributed by atoms with Crippen LogP contribution in [0.4, 0.5) is 0 Å². The molecule has 56 valence electrons. The van der Waals surface area contributed by atoms with Crippen molar-refractivity contribution in [1.82, 2.24) is 5.32 Å². The van der Waals surface area contributed by atoms with Crippen molar-refractivity contribution in [3.63, 3.8) is 0 Å². The van der Waals surface area contributed by atoms with Gasteiger partial charge in [0.25, 0.3) is 0 Å². The number of carbonyl (C=O) groups is 1.